The van der Waals surface area contributed by atoms with Crippen molar-refractivity contribution in [2.24, 2.45) is 5.92 Å². The Morgan fingerprint density at radius 2 is 1.67 bits per heavy atom. The Morgan fingerprint density at radius 3 is 2.31 bits per heavy atom. The number of halogens is 1. The molecule has 0 saturated carbocycles. The number of likely N-dealkylation sites (N-methyl/N-ethyl adjacent to an activating group) is 1. The summed E-state index contributed by atoms with van der Waals surface area (Å²) in [7, 11) is 3.99. The van der Waals surface area contributed by atoms with Crippen molar-refractivity contribution in [1.29, 1.82) is 0 Å². The van der Waals surface area contributed by atoms with Crippen LogP contribution in [0.3, 0.4) is 0 Å². The van der Waals surface area contributed by atoms with Crippen LogP contribution < -0.4 is 15.5 Å². The molecule has 4 rings (SSSR count). The lowest BCUT2D eigenvalue weighted by Crippen LogP contribution is -2.39. The van der Waals surface area contributed by atoms with Crippen LogP contribution in [0.25, 0.3) is 11.3 Å². The molecule has 1 heterocycles. The zero-order valence-corrected chi connectivity index (χ0v) is 21.8. The predicted molar refractivity (Wildman–Crippen MR) is 149 cm³/mol. The first-order valence-electron chi connectivity index (χ1n) is 12.0. The van der Waals surface area contributed by atoms with Crippen LogP contribution in [0.2, 0.25) is 5.02 Å². The first kappa shape index (κ1) is 25.5. The molecule has 0 bridgehead atoms. The Bertz CT molecular complexity index is 1280. The Kier molecular flexibility index (Phi) is 7.77. The van der Waals surface area contributed by atoms with Gasteiger partial charge in [0.2, 0.25) is 5.91 Å². The number of fused-ring (bicyclic) bond motifs is 1. The van der Waals surface area contributed by atoms with Crippen LogP contribution in [0.4, 0.5) is 17.1 Å². The third-order valence-electron chi connectivity index (χ3n) is 6.02. The monoisotopic (exact) mass is 502 g/mol. The van der Waals surface area contributed by atoms with Gasteiger partial charge >= 0.3 is 0 Å². The zero-order chi connectivity index (χ0) is 25.8. The normalized spacial score (nSPS) is 14.0. The number of benzene rings is 3. The molecule has 3 aromatic carbocycles. The molecule has 3 aromatic rings. The minimum Gasteiger partial charge on any atom is -0.354 e. The number of amides is 2. The fourth-order valence-corrected chi connectivity index (χ4v) is 4.30. The van der Waals surface area contributed by atoms with Crippen LogP contribution in [0.5, 0.6) is 0 Å². The van der Waals surface area contributed by atoms with Gasteiger partial charge in [-0.15, -0.1) is 0 Å². The van der Waals surface area contributed by atoms with E-state index < -0.39 is 0 Å². The second-order valence-corrected chi connectivity index (χ2v) is 9.82. The summed E-state index contributed by atoms with van der Waals surface area (Å²) in [6.07, 6.45) is 0. The van der Waals surface area contributed by atoms with Gasteiger partial charge in [-0.1, -0.05) is 61.8 Å². The van der Waals surface area contributed by atoms with Crippen molar-refractivity contribution >= 4 is 51.7 Å². The van der Waals surface area contributed by atoms with Gasteiger partial charge in [0.15, 0.2) is 0 Å². The standard InChI is InChI=1S/C29H31ClN4O2/c1-19(2)29(36)34(17-16-33(3)4)23-13-11-22(12-14-23)31-27(20-8-6-5-7-9-20)26-24-15-10-21(30)18-25(24)32-28(26)35/h5-15,18-19,31H,16-17H2,1-4H3,(H,32,35). The number of nitrogens with one attached hydrogen (secondary N) is 2. The Labute approximate surface area is 217 Å². The summed E-state index contributed by atoms with van der Waals surface area (Å²) in [6.45, 7) is 5.20. The molecule has 1 aliphatic rings. The van der Waals surface area contributed by atoms with E-state index in [1.807, 2.05) is 93.5 Å². The maximum Gasteiger partial charge on any atom is 0.258 e. The molecule has 0 unspecified atom stereocenters. The summed E-state index contributed by atoms with van der Waals surface area (Å²) in [5.41, 5.74) is 5.28. The van der Waals surface area contributed by atoms with Gasteiger partial charge in [-0.2, -0.15) is 0 Å². The number of hydrogen-bond donors (Lipinski definition) is 2. The van der Waals surface area contributed by atoms with Crippen molar-refractivity contribution < 1.29 is 9.59 Å². The molecule has 6 nitrogen and oxygen atoms in total. The highest BCUT2D eigenvalue weighted by molar-refractivity contribution is 6.38. The lowest BCUT2D eigenvalue weighted by molar-refractivity contribution is -0.121. The highest BCUT2D eigenvalue weighted by Gasteiger charge is 2.28. The van der Waals surface area contributed by atoms with Gasteiger partial charge in [-0.05, 0) is 56.1 Å². The summed E-state index contributed by atoms with van der Waals surface area (Å²) >= 11 is 6.15. The Morgan fingerprint density at radius 1 is 0.972 bits per heavy atom. The van der Waals surface area contributed by atoms with Crippen molar-refractivity contribution in [3.63, 3.8) is 0 Å². The van der Waals surface area contributed by atoms with Crippen LogP contribution in [0.15, 0.2) is 72.8 Å². The molecule has 0 aliphatic carbocycles. The van der Waals surface area contributed by atoms with E-state index in [0.29, 0.717) is 28.5 Å². The predicted octanol–water partition coefficient (Wildman–Crippen LogP) is 5.82. The van der Waals surface area contributed by atoms with Crippen LogP contribution in [-0.4, -0.2) is 43.9 Å². The van der Waals surface area contributed by atoms with Crippen molar-refractivity contribution in [1.82, 2.24) is 4.90 Å². The van der Waals surface area contributed by atoms with Gasteiger partial charge in [-0.25, -0.2) is 0 Å². The maximum absolute atomic E-state index is 13.1. The SMILES string of the molecule is CC(C)C(=O)N(CCN(C)C)c1ccc(NC(=C2C(=O)Nc3cc(Cl)ccc32)c2ccccc2)cc1. The summed E-state index contributed by atoms with van der Waals surface area (Å²) in [4.78, 5) is 29.8. The number of rotatable bonds is 8. The average Bonchev–Trinajstić information content (AvgIpc) is 3.18. The number of hydrogen-bond acceptors (Lipinski definition) is 4. The molecule has 2 N–H and O–H groups in total. The van der Waals surface area contributed by atoms with Crippen LogP contribution >= 0.6 is 11.6 Å². The van der Waals surface area contributed by atoms with E-state index in [2.05, 4.69) is 15.5 Å². The van der Waals surface area contributed by atoms with Gasteiger partial charge in [-0.3, -0.25) is 9.59 Å². The molecule has 0 aromatic heterocycles. The van der Waals surface area contributed by atoms with Gasteiger partial charge < -0.3 is 20.4 Å². The summed E-state index contributed by atoms with van der Waals surface area (Å²) in [5.74, 6) is -0.205. The largest absolute Gasteiger partial charge is 0.354 e. The van der Waals surface area contributed by atoms with E-state index >= 15 is 0 Å². The molecule has 0 radical (unpaired) electrons. The van der Waals surface area contributed by atoms with Crippen molar-refractivity contribution in [3.05, 3.63) is 88.9 Å². The van der Waals surface area contributed by atoms with E-state index in [0.717, 1.165) is 29.0 Å². The molecule has 0 fully saturated rings. The van der Waals surface area contributed by atoms with Gasteiger partial charge in [0.1, 0.15) is 0 Å². The molecule has 186 valence electrons. The van der Waals surface area contributed by atoms with E-state index in [9.17, 15) is 9.59 Å². The third kappa shape index (κ3) is 5.61. The molecule has 1 aliphatic heterocycles. The fraction of sp³-hybridized carbons (Fsp3) is 0.241. The van der Waals surface area contributed by atoms with Crippen LogP contribution in [0, 0.1) is 5.92 Å². The van der Waals surface area contributed by atoms with Crippen molar-refractivity contribution in [2.75, 3.05) is 42.7 Å². The van der Waals surface area contributed by atoms with Crippen molar-refractivity contribution in [3.8, 4) is 0 Å². The molecule has 36 heavy (non-hydrogen) atoms. The quantitative estimate of drug-likeness (QED) is 0.381. The first-order valence-corrected chi connectivity index (χ1v) is 12.4. The number of anilines is 3. The lowest BCUT2D eigenvalue weighted by Gasteiger charge is -2.26. The second-order valence-electron chi connectivity index (χ2n) is 9.38. The van der Waals surface area contributed by atoms with Gasteiger partial charge in [0.05, 0.1) is 17.0 Å². The van der Waals surface area contributed by atoms with Crippen molar-refractivity contribution in [2.45, 2.75) is 13.8 Å². The Hall–Kier alpha value is -3.61. The minimum absolute atomic E-state index is 0.0857. The first-order chi connectivity index (χ1) is 17.2. The van der Waals surface area contributed by atoms with E-state index in [1.165, 1.54) is 0 Å². The fourth-order valence-electron chi connectivity index (χ4n) is 4.12. The highest BCUT2D eigenvalue weighted by atomic mass is 35.5. The molecule has 2 amide bonds. The molecular formula is C29H31ClN4O2. The average molecular weight is 503 g/mol. The second kappa shape index (κ2) is 11.0. The Balaban J connectivity index is 1.70. The van der Waals surface area contributed by atoms with Crippen LogP contribution in [-0.2, 0) is 9.59 Å². The van der Waals surface area contributed by atoms with E-state index in [4.69, 9.17) is 11.6 Å². The number of nitrogens with zero attached hydrogens (tertiary/aromatic N) is 2. The zero-order valence-electron chi connectivity index (χ0n) is 21.0. The summed E-state index contributed by atoms with van der Waals surface area (Å²) < 4.78 is 0. The molecular weight excluding hydrogens is 472 g/mol. The topological polar surface area (TPSA) is 64.7 Å². The minimum atomic E-state index is -0.187. The lowest BCUT2D eigenvalue weighted by atomic mass is 10.00. The van der Waals surface area contributed by atoms with Crippen LogP contribution in [0.1, 0.15) is 25.0 Å². The van der Waals surface area contributed by atoms with Gasteiger partial charge in [0.25, 0.3) is 5.91 Å². The maximum atomic E-state index is 13.1. The molecule has 0 spiro atoms. The molecule has 0 saturated heterocycles. The van der Waals surface area contributed by atoms with E-state index in [1.54, 1.807) is 12.1 Å². The highest BCUT2D eigenvalue weighted by Crippen LogP contribution is 2.38. The van der Waals surface area contributed by atoms with E-state index in [-0.39, 0.29) is 17.7 Å². The van der Waals surface area contributed by atoms with Gasteiger partial charge in [0, 0.05) is 41.0 Å². The molecule has 7 heteroatoms. The number of carbonyl (C=O) groups is 2. The molecule has 0 atom stereocenters. The smallest absolute Gasteiger partial charge is 0.258 e. The summed E-state index contributed by atoms with van der Waals surface area (Å²) in [5, 5.41) is 6.96. The number of carbonyl (C=O) groups excluding carboxylic acids is 2. The third-order valence-corrected chi connectivity index (χ3v) is 6.25. The summed E-state index contributed by atoms with van der Waals surface area (Å²) in [6, 6.07) is 22.9.